The lowest BCUT2D eigenvalue weighted by molar-refractivity contribution is 0.0693. The molecule has 1 fully saturated rings. The van der Waals surface area contributed by atoms with Crippen LogP contribution in [0, 0.1) is 5.92 Å². The molecule has 2 aromatic carbocycles. The van der Waals surface area contributed by atoms with E-state index in [1.165, 1.54) is 6.42 Å². The van der Waals surface area contributed by atoms with Gasteiger partial charge in [-0.05, 0) is 30.9 Å². The van der Waals surface area contributed by atoms with Crippen molar-refractivity contribution in [2.24, 2.45) is 5.92 Å². The normalized spacial score (nSPS) is 15.8. The van der Waals surface area contributed by atoms with Gasteiger partial charge in [-0.3, -0.25) is 0 Å². The molecule has 0 aliphatic heterocycles. The predicted molar refractivity (Wildman–Crippen MR) is 114 cm³/mol. The van der Waals surface area contributed by atoms with Crippen LogP contribution in [0.15, 0.2) is 36.4 Å². The summed E-state index contributed by atoms with van der Waals surface area (Å²) in [4.78, 5) is 0. The monoisotopic (exact) mass is 400 g/mol. The zero-order valence-electron chi connectivity index (χ0n) is 17.8. The Hall–Kier alpha value is -2.40. The smallest absolute Gasteiger partial charge is 0.126 e. The fourth-order valence-corrected chi connectivity index (χ4v) is 4.43. The first-order valence-electron chi connectivity index (χ1n) is 10.2. The summed E-state index contributed by atoms with van der Waals surface area (Å²) in [7, 11) is 6.56. The molecule has 1 atom stereocenters. The molecule has 158 valence electrons. The van der Waals surface area contributed by atoms with Crippen molar-refractivity contribution in [2.45, 2.75) is 44.1 Å². The van der Waals surface area contributed by atoms with Crippen molar-refractivity contribution in [3.8, 4) is 23.0 Å². The van der Waals surface area contributed by atoms with Gasteiger partial charge in [-0.25, -0.2) is 0 Å². The molecule has 0 aromatic heterocycles. The van der Waals surface area contributed by atoms with E-state index < -0.39 is 6.10 Å². The molecular formula is C24H32O5. The fraction of sp³-hybridized carbons (Fsp3) is 0.500. The van der Waals surface area contributed by atoms with Crippen molar-refractivity contribution in [1.29, 1.82) is 0 Å². The van der Waals surface area contributed by atoms with Crippen molar-refractivity contribution >= 4 is 0 Å². The van der Waals surface area contributed by atoms with Crippen LogP contribution in [0.1, 0.15) is 49.1 Å². The third-order valence-corrected chi connectivity index (χ3v) is 6.03. The highest BCUT2D eigenvalue weighted by Crippen LogP contribution is 2.44. The van der Waals surface area contributed by atoms with Gasteiger partial charge in [0.25, 0.3) is 0 Å². The Bertz CT molecular complexity index is 742. The maximum atomic E-state index is 11.6. The Morgan fingerprint density at radius 1 is 0.724 bits per heavy atom. The van der Waals surface area contributed by atoms with E-state index in [2.05, 4.69) is 0 Å². The van der Waals surface area contributed by atoms with Gasteiger partial charge in [0, 0.05) is 29.2 Å². The zero-order valence-corrected chi connectivity index (χ0v) is 17.8. The number of hydrogen-bond donors (Lipinski definition) is 1. The van der Waals surface area contributed by atoms with Crippen molar-refractivity contribution < 1.29 is 24.1 Å². The number of methoxy groups -OCH3 is 4. The van der Waals surface area contributed by atoms with Gasteiger partial charge in [0.1, 0.15) is 23.0 Å². The quantitative estimate of drug-likeness (QED) is 0.690. The summed E-state index contributed by atoms with van der Waals surface area (Å²) >= 11 is 0. The number of benzene rings is 2. The van der Waals surface area contributed by atoms with E-state index in [1.807, 2.05) is 36.4 Å². The highest BCUT2D eigenvalue weighted by Gasteiger charge is 2.34. The SMILES string of the molecule is COc1ccc(C(c2ccc(OC)cc2OC)C(O)C2CCCCC2)c(OC)c1. The largest absolute Gasteiger partial charge is 0.497 e. The molecular weight excluding hydrogens is 368 g/mol. The molecule has 3 rings (SSSR count). The lowest BCUT2D eigenvalue weighted by Gasteiger charge is -2.34. The van der Waals surface area contributed by atoms with Crippen LogP contribution in [0.4, 0.5) is 0 Å². The van der Waals surface area contributed by atoms with Gasteiger partial charge < -0.3 is 24.1 Å². The summed E-state index contributed by atoms with van der Waals surface area (Å²) in [6.07, 6.45) is 5.09. The van der Waals surface area contributed by atoms with Crippen LogP contribution >= 0.6 is 0 Å². The molecule has 1 saturated carbocycles. The summed E-state index contributed by atoms with van der Waals surface area (Å²) in [5.41, 5.74) is 1.85. The van der Waals surface area contributed by atoms with E-state index in [4.69, 9.17) is 18.9 Å². The summed E-state index contributed by atoms with van der Waals surface area (Å²) in [6.45, 7) is 0. The molecule has 2 aromatic rings. The number of hydrogen-bond acceptors (Lipinski definition) is 5. The molecule has 29 heavy (non-hydrogen) atoms. The number of rotatable bonds is 8. The van der Waals surface area contributed by atoms with Crippen molar-refractivity contribution in [3.05, 3.63) is 47.5 Å². The van der Waals surface area contributed by atoms with Crippen LogP contribution in [-0.4, -0.2) is 39.6 Å². The van der Waals surface area contributed by atoms with Gasteiger partial charge in [0.15, 0.2) is 0 Å². The van der Waals surface area contributed by atoms with E-state index in [1.54, 1.807) is 28.4 Å². The number of aliphatic hydroxyl groups excluding tert-OH is 1. The van der Waals surface area contributed by atoms with E-state index in [0.717, 1.165) is 48.3 Å². The highest BCUT2D eigenvalue weighted by molar-refractivity contribution is 5.52. The molecule has 0 heterocycles. The minimum atomic E-state index is -0.542. The maximum Gasteiger partial charge on any atom is 0.126 e. The molecule has 0 saturated heterocycles. The van der Waals surface area contributed by atoms with Crippen molar-refractivity contribution in [1.82, 2.24) is 0 Å². The van der Waals surface area contributed by atoms with Crippen LogP contribution in [0.2, 0.25) is 0 Å². The van der Waals surface area contributed by atoms with E-state index in [9.17, 15) is 5.11 Å². The first-order valence-corrected chi connectivity index (χ1v) is 10.2. The third-order valence-electron chi connectivity index (χ3n) is 6.03. The average molecular weight is 401 g/mol. The lowest BCUT2D eigenvalue weighted by Crippen LogP contribution is -2.30. The topological polar surface area (TPSA) is 57.2 Å². The summed E-state index contributed by atoms with van der Waals surface area (Å²) < 4.78 is 22.1. The average Bonchev–Trinajstić information content (AvgIpc) is 2.79. The van der Waals surface area contributed by atoms with E-state index >= 15 is 0 Å². The minimum Gasteiger partial charge on any atom is -0.497 e. The second kappa shape index (κ2) is 9.88. The molecule has 0 radical (unpaired) electrons. The second-order valence-corrected chi connectivity index (χ2v) is 7.58. The Morgan fingerprint density at radius 3 is 1.62 bits per heavy atom. The van der Waals surface area contributed by atoms with Gasteiger partial charge in [-0.1, -0.05) is 31.4 Å². The zero-order chi connectivity index (χ0) is 20.8. The van der Waals surface area contributed by atoms with Crippen LogP contribution < -0.4 is 18.9 Å². The maximum absolute atomic E-state index is 11.6. The van der Waals surface area contributed by atoms with Crippen molar-refractivity contribution in [3.63, 3.8) is 0 Å². The molecule has 0 bridgehead atoms. The molecule has 1 N–H and O–H groups in total. The molecule has 1 unspecified atom stereocenters. The van der Waals surface area contributed by atoms with Crippen LogP contribution in [-0.2, 0) is 0 Å². The Balaban J connectivity index is 2.12. The van der Waals surface area contributed by atoms with Crippen LogP contribution in [0.5, 0.6) is 23.0 Å². The molecule has 5 heteroatoms. The second-order valence-electron chi connectivity index (χ2n) is 7.58. The minimum absolute atomic E-state index is 0.243. The molecule has 1 aliphatic rings. The lowest BCUT2D eigenvalue weighted by atomic mass is 9.75. The summed E-state index contributed by atoms with van der Waals surface area (Å²) in [6, 6.07) is 11.5. The standard InChI is InChI=1S/C24H32O5/c1-26-17-10-12-19(21(14-17)28-3)23(24(25)16-8-6-5-7-9-16)20-13-11-18(27-2)15-22(20)29-4/h10-16,23-25H,5-9H2,1-4H3. The molecule has 0 spiro atoms. The number of aliphatic hydroxyl groups is 1. The predicted octanol–water partition coefficient (Wildman–Crippen LogP) is 4.79. The molecule has 5 nitrogen and oxygen atoms in total. The Morgan fingerprint density at radius 2 is 1.21 bits per heavy atom. The Kier molecular flexibility index (Phi) is 7.26. The van der Waals surface area contributed by atoms with E-state index in [-0.39, 0.29) is 11.8 Å². The van der Waals surface area contributed by atoms with Gasteiger partial charge in [-0.2, -0.15) is 0 Å². The molecule has 1 aliphatic carbocycles. The van der Waals surface area contributed by atoms with Crippen LogP contribution in [0.25, 0.3) is 0 Å². The van der Waals surface area contributed by atoms with Crippen molar-refractivity contribution in [2.75, 3.05) is 28.4 Å². The van der Waals surface area contributed by atoms with Gasteiger partial charge in [0.2, 0.25) is 0 Å². The number of ether oxygens (including phenoxy) is 4. The van der Waals surface area contributed by atoms with Crippen LogP contribution in [0.3, 0.4) is 0 Å². The molecule has 0 amide bonds. The van der Waals surface area contributed by atoms with Gasteiger partial charge in [0.05, 0.1) is 34.5 Å². The van der Waals surface area contributed by atoms with Gasteiger partial charge in [-0.15, -0.1) is 0 Å². The summed E-state index contributed by atoms with van der Waals surface area (Å²) in [5.74, 6) is 2.80. The Labute approximate surface area is 173 Å². The van der Waals surface area contributed by atoms with Gasteiger partial charge >= 0.3 is 0 Å². The first-order chi connectivity index (χ1) is 14.1. The fourth-order valence-electron chi connectivity index (χ4n) is 4.43. The highest BCUT2D eigenvalue weighted by atomic mass is 16.5. The third kappa shape index (κ3) is 4.61. The first kappa shape index (κ1) is 21.3. The van der Waals surface area contributed by atoms with E-state index in [0.29, 0.717) is 11.5 Å². The summed E-state index contributed by atoms with van der Waals surface area (Å²) in [5, 5.41) is 11.6.